The number of carbonyl (C=O) groups is 1. The molecule has 0 aliphatic carbocycles. The van der Waals surface area contributed by atoms with Gasteiger partial charge in [0.2, 0.25) is 5.91 Å². The number of thioether (sulfide) groups is 1. The van der Waals surface area contributed by atoms with Crippen molar-refractivity contribution in [2.45, 2.75) is 49.4 Å². The fourth-order valence-corrected chi connectivity index (χ4v) is 6.41. The zero-order valence-electron chi connectivity index (χ0n) is 19.2. The third-order valence-electron chi connectivity index (χ3n) is 7.11. The Morgan fingerprint density at radius 2 is 1.48 bits per heavy atom. The molecule has 174 valence electrons. The van der Waals surface area contributed by atoms with Gasteiger partial charge in [-0.1, -0.05) is 78.8 Å². The average molecular weight is 463 g/mol. The molecule has 1 N–H and O–H groups in total. The van der Waals surface area contributed by atoms with Crippen LogP contribution in [-0.4, -0.2) is 65.0 Å². The molecule has 0 saturated carbocycles. The number of hydrogen-bond donors (Lipinski definition) is 1. The molecule has 0 spiro atoms. The Morgan fingerprint density at radius 1 is 0.879 bits per heavy atom. The van der Waals surface area contributed by atoms with Gasteiger partial charge in [0.15, 0.2) is 5.17 Å². The summed E-state index contributed by atoms with van der Waals surface area (Å²) >= 11 is 1.72. The van der Waals surface area contributed by atoms with Crippen molar-refractivity contribution < 1.29 is 4.79 Å². The molecular formula is C27H34N4OS. The molecule has 2 fully saturated rings. The molecule has 2 aromatic rings. The van der Waals surface area contributed by atoms with Crippen molar-refractivity contribution in [2.75, 3.05) is 32.7 Å². The molecule has 6 heteroatoms. The first-order chi connectivity index (χ1) is 16.3. The number of carbonyl (C=O) groups excluding carboxylic acids is 1. The van der Waals surface area contributed by atoms with E-state index in [0.29, 0.717) is 6.54 Å². The first kappa shape index (κ1) is 22.5. The van der Waals surface area contributed by atoms with E-state index in [1.165, 1.54) is 45.2 Å². The first-order valence-corrected chi connectivity index (χ1v) is 13.3. The van der Waals surface area contributed by atoms with Crippen molar-refractivity contribution in [2.24, 2.45) is 4.99 Å². The van der Waals surface area contributed by atoms with Crippen LogP contribution in [0.15, 0.2) is 65.7 Å². The third-order valence-corrected chi connectivity index (χ3v) is 8.26. The summed E-state index contributed by atoms with van der Waals surface area (Å²) in [6, 6.07) is 20.9. The molecule has 3 aliphatic heterocycles. The van der Waals surface area contributed by atoms with Gasteiger partial charge in [0.25, 0.3) is 0 Å². The molecule has 2 saturated heterocycles. The summed E-state index contributed by atoms with van der Waals surface area (Å²) in [6.45, 7) is 5.35. The molecule has 0 aromatic heterocycles. The Morgan fingerprint density at radius 3 is 2.09 bits per heavy atom. The van der Waals surface area contributed by atoms with E-state index in [2.05, 4.69) is 15.1 Å². The van der Waals surface area contributed by atoms with Crippen LogP contribution in [-0.2, 0) is 4.79 Å². The summed E-state index contributed by atoms with van der Waals surface area (Å²) in [5.41, 5.74) is 2.04. The van der Waals surface area contributed by atoms with Crippen molar-refractivity contribution in [3.05, 3.63) is 71.8 Å². The van der Waals surface area contributed by atoms with Gasteiger partial charge in [-0.15, -0.1) is 0 Å². The van der Waals surface area contributed by atoms with Crippen LogP contribution < -0.4 is 5.32 Å². The van der Waals surface area contributed by atoms with Gasteiger partial charge in [-0.05, 0) is 49.9 Å². The van der Waals surface area contributed by atoms with Crippen LogP contribution in [0.3, 0.4) is 0 Å². The number of nitrogens with one attached hydrogen (secondary N) is 1. The number of piperidine rings is 2. The Labute approximate surface area is 201 Å². The third kappa shape index (κ3) is 5.44. The van der Waals surface area contributed by atoms with E-state index in [1.54, 1.807) is 11.8 Å². The van der Waals surface area contributed by atoms with E-state index in [-0.39, 0.29) is 17.2 Å². The van der Waals surface area contributed by atoms with Crippen molar-refractivity contribution >= 4 is 22.8 Å². The van der Waals surface area contributed by atoms with Gasteiger partial charge < -0.3 is 15.1 Å². The summed E-state index contributed by atoms with van der Waals surface area (Å²) in [4.78, 5) is 23.4. The van der Waals surface area contributed by atoms with Gasteiger partial charge >= 0.3 is 0 Å². The second-order valence-corrected chi connectivity index (χ2v) is 10.5. The number of amidine groups is 1. The molecule has 1 unspecified atom stereocenters. The normalized spacial score (nSPS) is 22.4. The summed E-state index contributed by atoms with van der Waals surface area (Å²) in [6.07, 6.45) is 6.56. The van der Waals surface area contributed by atoms with Gasteiger partial charge in [0.05, 0.1) is 12.5 Å². The molecule has 1 amide bonds. The number of rotatable bonds is 5. The molecule has 33 heavy (non-hydrogen) atoms. The molecule has 5 nitrogen and oxygen atoms in total. The highest BCUT2D eigenvalue weighted by Crippen LogP contribution is 2.29. The standard InChI is InChI=1S/C27H34N4OS/c32-26(25(21-10-4-1-5-11-21)22-12-6-2-7-13-22)29-24-20-28-27(33-24)31-18-14-23(15-19-31)30-16-8-3-9-17-30/h1-2,4-7,10-13,23-25H,3,8-9,14-20H2,(H,29,32). The topological polar surface area (TPSA) is 47.9 Å². The summed E-state index contributed by atoms with van der Waals surface area (Å²) in [5, 5.41) is 4.39. The molecular weight excluding hydrogens is 428 g/mol. The fourth-order valence-electron chi connectivity index (χ4n) is 5.35. The second-order valence-electron chi connectivity index (χ2n) is 9.31. The number of aliphatic imine (C=N–C) groups is 1. The van der Waals surface area contributed by atoms with E-state index in [1.807, 2.05) is 60.7 Å². The zero-order chi connectivity index (χ0) is 22.5. The maximum absolute atomic E-state index is 13.4. The smallest absolute Gasteiger partial charge is 0.232 e. The van der Waals surface area contributed by atoms with E-state index < -0.39 is 0 Å². The summed E-state index contributed by atoms with van der Waals surface area (Å²) in [5.74, 6) is -0.262. The highest BCUT2D eigenvalue weighted by Gasteiger charge is 2.32. The Bertz CT molecular complexity index is 898. The molecule has 3 aliphatic rings. The van der Waals surface area contributed by atoms with Crippen LogP contribution in [0.4, 0.5) is 0 Å². The Kier molecular flexibility index (Phi) is 7.32. The molecule has 5 rings (SSSR count). The van der Waals surface area contributed by atoms with Crippen molar-refractivity contribution in [1.82, 2.24) is 15.1 Å². The highest BCUT2D eigenvalue weighted by atomic mass is 32.2. The first-order valence-electron chi connectivity index (χ1n) is 12.4. The van der Waals surface area contributed by atoms with Crippen LogP contribution in [0.1, 0.15) is 49.1 Å². The van der Waals surface area contributed by atoms with Crippen molar-refractivity contribution in [3.63, 3.8) is 0 Å². The number of hydrogen-bond acceptors (Lipinski definition) is 5. The quantitative estimate of drug-likeness (QED) is 0.719. The largest absolute Gasteiger partial charge is 0.351 e. The summed E-state index contributed by atoms with van der Waals surface area (Å²) < 4.78 is 0. The van der Waals surface area contributed by atoms with Crippen LogP contribution in [0.25, 0.3) is 0 Å². The lowest BCUT2D eigenvalue weighted by molar-refractivity contribution is -0.121. The van der Waals surface area contributed by atoms with Crippen LogP contribution in [0, 0.1) is 0 Å². The molecule has 2 aromatic carbocycles. The Balaban J connectivity index is 1.17. The van der Waals surface area contributed by atoms with Gasteiger partial charge in [0.1, 0.15) is 5.37 Å². The molecule has 0 bridgehead atoms. The average Bonchev–Trinajstić information content (AvgIpc) is 3.34. The maximum atomic E-state index is 13.4. The predicted octanol–water partition coefficient (Wildman–Crippen LogP) is 4.31. The predicted molar refractivity (Wildman–Crippen MR) is 137 cm³/mol. The van der Waals surface area contributed by atoms with Gasteiger partial charge in [0, 0.05) is 19.1 Å². The minimum atomic E-state index is -0.308. The van der Waals surface area contributed by atoms with E-state index >= 15 is 0 Å². The zero-order valence-corrected chi connectivity index (χ0v) is 20.1. The van der Waals surface area contributed by atoms with Crippen molar-refractivity contribution in [1.29, 1.82) is 0 Å². The van der Waals surface area contributed by atoms with E-state index in [9.17, 15) is 4.79 Å². The molecule has 3 heterocycles. The number of benzene rings is 2. The van der Waals surface area contributed by atoms with Crippen LogP contribution in [0.5, 0.6) is 0 Å². The number of nitrogens with zero attached hydrogens (tertiary/aromatic N) is 3. The van der Waals surface area contributed by atoms with Crippen molar-refractivity contribution in [3.8, 4) is 0 Å². The molecule has 0 radical (unpaired) electrons. The molecule has 1 atom stereocenters. The van der Waals surface area contributed by atoms with Crippen LogP contribution >= 0.6 is 11.8 Å². The Hall–Kier alpha value is -2.31. The number of amides is 1. The van der Waals surface area contributed by atoms with Crippen LogP contribution in [0.2, 0.25) is 0 Å². The summed E-state index contributed by atoms with van der Waals surface area (Å²) in [7, 11) is 0. The van der Waals surface area contributed by atoms with Gasteiger partial charge in [-0.25, -0.2) is 0 Å². The fraction of sp³-hybridized carbons (Fsp3) is 0.481. The second kappa shape index (κ2) is 10.7. The van der Waals surface area contributed by atoms with Gasteiger partial charge in [-0.2, -0.15) is 0 Å². The minimum Gasteiger partial charge on any atom is -0.351 e. The monoisotopic (exact) mass is 462 g/mol. The van der Waals surface area contributed by atoms with E-state index in [0.717, 1.165) is 35.4 Å². The van der Waals surface area contributed by atoms with Gasteiger partial charge in [-0.3, -0.25) is 9.79 Å². The minimum absolute atomic E-state index is 0.00208. The number of likely N-dealkylation sites (tertiary alicyclic amines) is 2. The highest BCUT2D eigenvalue weighted by molar-refractivity contribution is 8.14. The lowest BCUT2D eigenvalue weighted by Gasteiger charge is -2.40. The van der Waals surface area contributed by atoms with E-state index in [4.69, 9.17) is 4.99 Å². The maximum Gasteiger partial charge on any atom is 0.232 e. The lowest BCUT2D eigenvalue weighted by Crippen LogP contribution is -2.47. The SMILES string of the molecule is O=C(NC1CN=C(N2CCC(N3CCCCC3)CC2)S1)C(c1ccccc1)c1ccccc1. The lowest BCUT2D eigenvalue weighted by atomic mass is 9.90.